The Morgan fingerprint density at radius 2 is 2.00 bits per heavy atom. The minimum Gasteiger partial charge on any atom is -0.466 e. The van der Waals surface area contributed by atoms with Gasteiger partial charge in [0.25, 0.3) is 0 Å². The molecule has 0 amide bonds. The molecule has 9 heteroatoms. The predicted molar refractivity (Wildman–Crippen MR) is 125 cm³/mol. The van der Waals surface area contributed by atoms with E-state index in [1.165, 1.54) is 0 Å². The molecule has 1 fully saturated rings. The number of hydrogen-bond donors (Lipinski definition) is 1. The lowest BCUT2D eigenvalue weighted by Gasteiger charge is -2.33. The molecule has 1 saturated heterocycles. The van der Waals surface area contributed by atoms with Crippen LogP contribution >= 0.6 is 35.6 Å². The SMILES string of the molecule is CCOC(=O)C1CCN(C(=NC)NCc2cnn(-c3ccc(Cl)cc3)c2)CC1.I. The van der Waals surface area contributed by atoms with Crippen molar-refractivity contribution in [3.63, 3.8) is 0 Å². The van der Waals surface area contributed by atoms with E-state index < -0.39 is 0 Å². The van der Waals surface area contributed by atoms with Crippen LogP contribution in [0.3, 0.4) is 0 Å². The van der Waals surface area contributed by atoms with Crippen molar-refractivity contribution in [1.29, 1.82) is 0 Å². The second-order valence-corrected chi connectivity index (χ2v) is 7.12. The number of benzene rings is 1. The summed E-state index contributed by atoms with van der Waals surface area (Å²) in [5.74, 6) is 0.744. The second kappa shape index (κ2) is 11.4. The number of hydrogen-bond acceptors (Lipinski definition) is 4. The maximum atomic E-state index is 11.9. The zero-order chi connectivity index (χ0) is 19.9. The van der Waals surface area contributed by atoms with E-state index in [0.717, 1.165) is 43.1 Å². The van der Waals surface area contributed by atoms with E-state index in [2.05, 4.69) is 20.3 Å². The summed E-state index contributed by atoms with van der Waals surface area (Å²) in [5.41, 5.74) is 2.01. The number of aliphatic imine (C=N–C) groups is 1. The fraction of sp³-hybridized carbons (Fsp3) is 0.450. The number of ether oxygens (including phenoxy) is 1. The molecule has 2 heterocycles. The Kier molecular flexibility index (Phi) is 9.22. The lowest BCUT2D eigenvalue weighted by atomic mass is 9.97. The maximum absolute atomic E-state index is 11.9. The number of aromatic nitrogens is 2. The van der Waals surface area contributed by atoms with Gasteiger partial charge in [0, 0.05) is 43.5 Å². The zero-order valence-electron chi connectivity index (χ0n) is 16.7. The van der Waals surface area contributed by atoms with Gasteiger partial charge in [0.1, 0.15) is 0 Å². The van der Waals surface area contributed by atoms with Crippen LogP contribution in [0, 0.1) is 5.92 Å². The van der Waals surface area contributed by atoms with Crippen LogP contribution in [0.25, 0.3) is 5.69 Å². The van der Waals surface area contributed by atoms with Gasteiger partial charge in [-0.05, 0) is 44.0 Å². The molecule has 0 unspecified atom stereocenters. The van der Waals surface area contributed by atoms with E-state index in [0.29, 0.717) is 18.2 Å². The van der Waals surface area contributed by atoms with Crippen molar-refractivity contribution >= 4 is 47.5 Å². The fourth-order valence-electron chi connectivity index (χ4n) is 3.29. The van der Waals surface area contributed by atoms with E-state index in [1.54, 1.807) is 7.05 Å². The Hall–Kier alpha value is -1.81. The van der Waals surface area contributed by atoms with Crippen molar-refractivity contribution in [3.8, 4) is 5.69 Å². The molecule has 1 N–H and O–H groups in total. The van der Waals surface area contributed by atoms with Gasteiger partial charge in [0.2, 0.25) is 0 Å². The van der Waals surface area contributed by atoms with Crippen LogP contribution < -0.4 is 5.32 Å². The number of nitrogens with one attached hydrogen (secondary N) is 1. The predicted octanol–water partition coefficient (Wildman–Crippen LogP) is 3.49. The molecule has 0 saturated carbocycles. The summed E-state index contributed by atoms with van der Waals surface area (Å²) in [7, 11) is 1.77. The van der Waals surface area contributed by atoms with Gasteiger partial charge in [-0.2, -0.15) is 5.10 Å². The highest BCUT2D eigenvalue weighted by atomic mass is 127. The summed E-state index contributed by atoms with van der Waals surface area (Å²) in [6.07, 6.45) is 5.39. The number of carbonyl (C=O) groups excluding carboxylic acids is 1. The quantitative estimate of drug-likeness (QED) is 0.277. The first-order valence-electron chi connectivity index (χ1n) is 9.52. The third-order valence-corrected chi connectivity index (χ3v) is 5.06. The lowest BCUT2D eigenvalue weighted by Crippen LogP contribution is -2.46. The van der Waals surface area contributed by atoms with Gasteiger partial charge in [0.15, 0.2) is 5.96 Å². The Balaban J connectivity index is 0.00000300. The van der Waals surface area contributed by atoms with Gasteiger partial charge >= 0.3 is 5.97 Å². The second-order valence-electron chi connectivity index (χ2n) is 6.68. The molecule has 3 rings (SSSR count). The molecular weight excluding hydrogens is 505 g/mol. The number of guanidine groups is 1. The van der Waals surface area contributed by atoms with Gasteiger partial charge in [-0.25, -0.2) is 4.68 Å². The molecule has 1 aliphatic rings. The Morgan fingerprint density at radius 1 is 1.31 bits per heavy atom. The van der Waals surface area contributed by atoms with Gasteiger partial charge in [-0.15, -0.1) is 24.0 Å². The van der Waals surface area contributed by atoms with Crippen LogP contribution in [0.2, 0.25) is 5.02 Å². The van der Waals surface area contributed by atoms with Gasteiger partial charge in [-0.3, -0.25) is 9.79 Å². The van der Waals surface area contributed by atoms with Gasteiger partial charge in [0.05, 0.1) is 24.4 Å². The number of carbonyl (C=O) groups is 1. The summed E-state index contributed by atoms with van der Waals surface area (Å²) in [6.45, 7) is 4.47. The van der Waals surface area contributed by atoms with E-state index >= 15 is 0 Å². The van der Waals surface area contributed by atoms with E-state index in [1.807, 2.05) is 48.3 Å². The summed E-state index contributed by atoms with van der Waals surface area (Å²) < 4.78 is 6.95. The first-order chi connectivity index (χ1) is 13.6. The highest BCUT2D eigenvalue weighted by molar-refractivity contribution is 14.0. The van der Waals surface area contributed by atoms with E-state index in [-0.39, 0.29) is 35.9 Å². The standard InChI is InChI=1S/C20H26ClN5O2.HI/c1-3-28-19(27)16-8-10-25(11-9-16)20(22-2)23-12-15-13-24-26(14-15)18-6-4-17(21)5-7-18;/h4-7,13-14,16H,3,8-12H2,1-2H3,(H,22,23);1H. The largest absolute Gasteiger partial charge is 0.466 e. The number of nitrogens with zero attached hydrogens (tertiary/aromatic N) is 4. The molecule has 29 heavy (non-hydrogen) atoms. The molecular formula is C20H27ClIN5O2. The summed E-state index contributed by atoms with van der Waals surface area (Å²) >= 11 is 5.94. The Bertz CT molecular complexity index is 817. The monoisotopic (exact) mass is 531 g/mol. The first kappa shape index (κ1) is 23.5. The van der Waals surface area contributed by atoms with Crippen LogP contribution in [0.1, 0.15) is 25.3 Å². The molecule has 1 aromatic carbocycles. The van der Waals surface area contributed by atoms with Crippen LogP contribution in [0.4, 0.5) is 0 Å². The van der Waals surface area contributed by atoms with Crippen molar-refractivity contribution < 1.29 is 9.53 Å². The normalized spacial score (nSPS) is 15.0. The number of rotatable bonds is 5. The Labute approximate surface area is 193 Å². The van der Waals surface area contributed by atoms with E-state index in [4.69, 9.17) is 16.3 Å². The van der Waals surface area contributed by atoms with Crippen LogP contribution in [0.15, 0.2) is 41.7 Å². The van der Waals surface area contributed by atoms with E-state index in [9.17, 15) is 4.79 Å². The van der Waals surface area contributed by atoms with Gasteiger partial charge < -0.3 is 15.0 Å². The van der Waals surface area contributed by atoms with Crippen molar-refractivity contribution in [2.24, 2.45) is 10.9 Å². The van der Waals surface area contributed by atoms with Crippen molar-refractivity contribution in [1.82, 2.24) is 20.0 Å². The average molecular weight is 532 g/mol. The molecule has 0 radical (unpaired) electrons. The Morgan fingerprint density at radius 3 is 2.62 bits per heavy atom. The van der Waals surface area contributed by atoms with Crippen molar-refractivity contribution in [2.75, 3.05) is 26.7 Å². The smallest absolute Gasteiger partial charge is 0.309 e. The van der Waals surface area contributed by atoms with Crippen LogP contribution in [-0.2, 0) is 16.1 Å². The molecule has 0 aliphatic carbocycles. The minimum atomic E-state index is -0.0836. The number of likely N-dealkylation sites (tertiary alicyclic amines) is 1. The molecule has 0 spiro atoms. The zero-order valence-corrected chi connectivity index (χ0v) is 19.8. The van der Waals surface area contributed by atoms with Crippen molar-refractivity contribution in [2.45, 2.75) is 26.3 Å². The van der Waals surface area contributed by atoms with Crippen molar-refractivity contribution in [3.05, 3.63) is 47.2 Å². The van der Waals surface area contributed by atoms with Gasteiger partial charge in [-0.1, -0.05) is 11.6 Å². The number of esters is 1. The molecule has 158 valence electrons. The number of halogens is 2. The third-order valence-electron chi connectivity index (χ3n) is 4.80. The maximum Gasteiger partial charge on any atom is 0.309 e. The fourth-order valence-corrected chi connectivity index (χ4v) is 3.41. The molecule has 7 nitrogen and oxygen atoms in total. The molecule has 0 bridgehead atoms. The van der Waals surface area contributed by atoms with Crippen LogP contribution in [0.5, 0.6) is 0 Å². The minimum absolute atomic E-state index is 0. The summed E-state index contributed by atoms with van der Waals surface area (Å²) in [5, 5.41) is 8.49. The molecule has 1 aliphatic heterocycles. The molecule has 2 aromatic rings. The topological polar surface area (TPSA) is 71.8 Å². The summed E-state index contributed by atoms with van der Waals surface area (Å²) in [4.78, 5) is 18.5. The third kappa shape index (κ3) is 6.33. The average Bonchev–Trinajstić information content (AvgIpc) is 3.18. The highest BCUT2D eigenvalue weighted by Gasteiger charge is 2.27. The molecule has 1 aromatic heterocycles. The summed E-state index contributed by atoms with van der Waals surface area (Å²) in [6, 6.07) is 7.55. The lowest BCUT2D eigenvalue weighted by molar-refractivity contribution is -0.149. The first-order valence-corrected chi connectivity index (χ1v) is 9.90. The van der Waals surface area contributed by atoms with Crippen LogP contribution in [-0.4, -0.2) is 53.4 Å². The molecule has 0 atom stereocenters. The number of piperidine rings is 1. The highest BCUT2D eigenvalue weighted by Crippen LogP contribution is 2.19.